The number of aliphatic hydroxyl groups is 1. The van der Waals surface area contributed by atoms with E-state index in [1.807, 2.05) is 0 Å². The molecular formula is C11H18O. The van der Waals surface area contributed by atoms with Crippen LogP contribution in [0.3, 0.4) is 0 Å². The normalized spacial score (nSPS) is 56.2. The summed E-state index contributed by atoms with van der Waals surface area (Å²) in [6, 6.07) is 0. The lowest BCUT2D eigenvalue weighted by Gasteiger charge is -2.23. The lowest BCUT2D eigenvalue weighted by atomic mass is 9.82. The van der Waals surface area contributed by atoms with Gasteiger partial charge in [-0.25, -0.2) is 0 Å². The summed E-state index contributed by atoms with van der Waals surface area (Å²) >= 11 is 0. The second-order valence-electron chi connectivity index (χ2n) is 5.18. The predicted molar refractivity (Wildman–Crippen MR) is 47.6 cm³/mol. The van der Waals surface area contributed by atoms with Crippen LogP contribution in [0, 0.1) is 29.6 Å². The molecule has 0 aromatic carbocycles. The highest BCUT2D eigenvalue weighted by molar-refractivity contribution is 5.01. The zero-order valence-corrected chi connectivity index (χ0v) is 7.58. The highest BCUT2D eigenvalue weighted by atomic mass is 16.3. The summed E-state index contributed by atoms with van der Waals surface area (Å²) in [6.07, 6.45) is 7.24. The second-order valence-corrected chi connectivity index (χ2v) is 5.18. The van der Waals surface area contributed by atoms with Crippen molar-refractivity contribution in [2.24, 2.45) is 29.6 Å². The lowest BCUT2D eigenvalue weighted by molar-refractivity contribution is 0.218. The van der Waals surface area contributed by atoms with E-state index in [-0.39, 0.29) is 0 Å². The van der Waals surface area contributed by atoms with Crippen LogP contribution in [0.1, 0.15) is 32.1 Å². The smallest absolute Gasteiger partial charge is 0.0459 e. The molecule has 0 spiro atoms. The van der Waals surface area contributed by atoms with Crippen LogP contribution in [0.2, 0.25) is 0 Å². The summed E-state index contributed by atoms with van der Waals surface area (Å²) < 4.78 is 0. The van der Waals surface area contributed by atoms with Gasteiger partial charge in [0.2, 0.25) is 0 Å². The van der Waals surface area contributed by atoms with Crippen molar-refractivity contribution in [1.82, 2.24) is 0 Å². The predicted octanol–water partition coefficient (Wildman–Crippen LogP) is 2.05. The second kappa shape index (κ2) is 2.47. The first-order valence-electron chi connectivity index (χ1n) is 5.49. The van der Waals surface area contributed by atoms with Gasteiger partial charge in [0.25, 0.3) is 0 Å². The standard InChI is InChI=1S/C11H18O/c12-6-7-3-10-8-1-2-9(5-8)11(10)4-7/h7-12H,1-6H2. The van der Waals surface area contributed by atoms with E-state index in [0.29, 0.717) is 12.5 Å². The third-order valence-corrected chi connectivity index (χ3v) is 4.74. The van der Waals surface area contributed by atoms with E-state index in [0.717, 1.165) is 23.7 Å². The Morgan fingerprint density at radius 2 is 1.50 bits per heavy atom. The molecule has 4 unspecified atom stereocenters. The van der Waals surface area contributed by atoms with Crippen molar-refractivity contribution in [3.05, 3.63) is 0 Å². The van der Waals surface area contributed by atoms with Crippen molar-refractivity contribution in [1.29, 1.82) is 0 Å². The Hall–Kier alpha value is -0.0400. The molecule has 4 atom stereocenters. The molecule has 2 bridgehead atoms. The quantitative estimate of drug-likeness (QED) is 0.632. The minimum Gasteiger partial charge on any atom is -0.396 e. The van der Waals surface area contributed by atoms with Gasteiger partial charge in [-0.3, -0.25) is 0 Å². The molecule has 0 saturated heterocycles. The first-order chi connectivity index (χ1) is 5.88. The summed E-state index contributed by atoms with van der Waals surface area (Å²) in [5.41, 5.74) is 0. The van der Waals surface area contributed by atoms with Crippen molar-refractivity contribution >= 4 is 0 Å². The SMILES string of the molecule is OCC1CC2C3CCC(C3)C2C1. The Labute approximate surface area is 74.2 Å². The molecule has 3 saturated carbocycles. The Morgan fingerprint density at radius 3 is 2.00 bits per heavy atom. The summed E-state index contributed by atoms with van der Waals surface area (Å²) in [6.45, 7) is 0.451. The average molecular weight is 166 g/mol. The van der Waals surface area contributed by atoms with E-state index < -0.39 is 0 Å². The van der Waals surface area contributed by atoms with Gasteiger partial charge >= 0.3 is 0 Å². The van der Waals surface area contributed by atoms with E-state index in [1.165, 1.54) is 32.1 Å². The molecule has 68 valence electrons. The van der Waals surface area contributed by atoms with E-state index in [9.17, 15) is 0 Å². The fraction of sp³-hybridized carbons (Fsp3) is 1.00. The van der Waals surface area contributed by atoms with Gasteiger partial charge in [0, 0.05) is 6.61 Å². The Morgan fingerprint density at radius 1 is 0.917 bits per heavy atom. The van der Waals surface area contributed by atoms with Crippen LogP contribution in [0.5, 0.6) is 0 Å². The van der Waals surface area contributed by atoms with Gasteiger partial charge in [-0.05, 0) is 61.7 Å². The van der Waals surface area contributed by atoms with Gasteiger partial charge in [0.05, 0.1) is 0 Å². The van der Waals surface area contributed by atoms with Crippen LogP contribution in [0.15, 0.2) is 0 Å². The van der Waals surface area contributed by atoms with Crippen LogP contribution < -0.4 is 0 Å². The maximum atomic E-state index is 9.11. The number of hydrogen-bond donors (Lipinski definition) is 1. The van der Waals surface area contributed by atoms with Crippen molar-refractivity contribution in [2.75, 3.05) is 6.61 Å². The molecule has 1 N–H and O–H groups in total. The molecule has 3 fully saturated rings. The minimum absolute atomic E-state index is 0.451. The summed E-state index contributed by atoms with van der Waals surface area (Å²) in [4.78, 5) is 0. The molecule has 0 aromatic rings. The molecule has 3 aliphatic rings. The van der Waals surface area contributed by atoms with Crippen LogP contribution in [-0.2, 0) is 0 Å². The van der Waals surface area contributed by atoms with E-state index in [1.54, 1.807) is 0 Å². The largest absolute Gasteiger partial charge is 0.396 e. The fourth-order valence-corrected chi connectivity index (χ4v) is 4.28. The van der Waals surface area contributed by atoms with Crippen molar-refractivity contribution in [3.63, 3.8) is 0 Å². The van der Waals surface area contributed by atoms with Crippen LogP contribution in [0.25, 0.3) is 0 Å². The lowest BCUT2D eigenvalue weighted by Crippen LogP contribution is -2.15. The first kappa shape index (κ1) is 7.37. The minimum atomic E-state index is 0.451. The topological polar surface area (TPSA) is 20.2 Å². The van der Waals surface area contributed by atoms with Gasteiger partial charge in [0.1, 0.15) is 0 Å². The molecule has 0 heterocycles. The third kappa shape index (κ3) is 0.834. The molecule has 1 heteroatoms. The van der Waals surface area contributed by atoms with Crippen molar-refractivity contribution < 1.29 is 5.11 Å². The molecular weight excluding hydrogens is 148 g/mol. The average Bonchev–Trinajstić information content (AvgIpc) is 2.75. The number of aliphatic hydroxyl groups excluding tert-OH is 1. The van der Waals surface area contributed by atoms with Gasteiger partial charge in [-0.15, -0.1) is 0 Å². The molecule has 0 radical (unpaired) electrons. The van der Waals surface area contributed by atoms with Crippen LogP contribution >= 0.6 is 0 Å². The van der Waals surface area contributed by atoms with Crippen molar-refractivity contribution in [2.45, 2.75) is 32.1 Å². The highest BCUT2D eigenvalue weighted by Crippen LogP contribution is 2.59. The number of fused-ring (bicyclic) bond motifs is 5. The van der Waals surface area contributed by atoms with Gasteiger partial charge in [-0.1, -0.05) is 0 Å². The van der Waals surface area contributed by atoms with Crippen LogP contribution in [0.4, 0.5) is 0 Å². The van der Waals surface area contributed by atoms with Gasteiger partial charge < -0.3 is 5.11 Å². The van der Waals surface area contributed by atoms with Gasteiger partial charge in [0.15, 0.2) is 0 Å². The Bertz CT molecular complexity index is 171. The van der Waals surface area contributed by atoms with E-state index >= 15 is 0 Å². The molecule has 3 aliphatic carbocycles. The zero-order valence-electron chi connectivity index (χ0n) is 7.58. The molecule has 0 aliphatic heterocycles. The Balaban J connectivity index is 1.78. The molecule has 0 amide bonds. The molecule has 3 rings (SSSR count). The number of hydrogen-bond acceptors (Lipinski definition) is 1. The molecule has 0 aromatic heterocycles. The third-order valence-electron chi connectivity index (χ3n) is 4.74. The molecule has 1 nitrogen and oxygen atoms in total. The molecule has 12 heavy (non-hydrogen) atoms. The maximum absolute atomic E-state index is 9.11. The Kier molecular flexibility index (Phi) is 1.52. The maximum Gasteiger partial charge on any atom is 0.0459 e. The van der Waals surface area contributed by atoms with E-state index in [4.69, 9.17) is 5.11 Å². The highest BCUT2D eigenvalue weighted by Gasteiger charge is 2.51. The number of rotatable bonds is 1. The summed E-state index contributed by atoms with van der Waals surface area (Å²) in [7, 11) is 0. The van der Waals surface area contributed by atoms with Crippen LogP contribution in [-0.4, -0.2) is 11.7 Å². The zero-order chi connectivity index (χ0) is 8.13. The fourth-order valence-electron chi connectivity index (χ4n) is 4.28. The monoisotopic (exact) mass is 166 g/mol. The van der Waals surface area contributed by atoms with Crippen molar-refractivity contribution in [3.8, 4) is 0 Å². The first-order valence-corrected chi connectivity index (χ1v) is 5.49. The van der Waals surface area contributed by atoms with E-state index in [2.05, 4.69) is 0 Å². The summed E-state index contributed by atoms with van der Waals surface area (Å²) in [5, 5.41) is 9.11. The van der Waals surface area contributed by atoms with Gasteiger partial charge in [-0.2, -0.15) is 0 Å². The summed E-state index contributed by atoms with van der Waals surface area (Å²) in [5.74, 6) is 4.86.